The maximum Gasteiger partial charge on any atom is 0.244 e. The lowest BCUT2D eigenvalue weighted by Gasteiger charge is -2.34. The second-order valence-corrected chi connectivity index (χ2v) is 12.7. The van der Waals surface area contributed by atoms with Crippen LogP contribution in [0.15, 0.2) is 72.8 Å². The average molecular weight is 625 g/mol. The second kappa shape index (κ2) is 14.2. The van der Waals surface area contributed by atoms with Gasteiger partial charge in [0.05, 0.1) is 17.0 Å². The average Bonchev–Trinajstić information content (AvgIpc) is 2.91. The monoisotopic (exact) mass is 623 g/mol. The van der Waals surface area contributed by atoms with Crippen LogP contribution >= 0.6 is 34.8 Å². The second-order valence-electron chi connectivity index (χ2n) is 9.50. The maximum atomic E-state index is 14.1. The molecule has 3 aromatic carbocycles. The fourth-order valence-corrected chi connectivity index (χ4v) is 5.56. The fraction of sp³-hybridized carbons (Fsp3) is 0.310. The van der Waals surface area contributed by atoms with Crippen molar-refractivity contribution in [3.05, 3.63) is 99.0 Å². The van der Waals surface area contributed by atoms with Crippen LogP contribution in [-0.2, 0) is 32.6 Å². The van der Waals surface area contributed by atoms with Crippen molar-refractivity contribution in [2.45, 2.75) is 45.3 Å². The smallest absolute Gasteiger partial charge is 0.244 e. The normalized spacial score (nSPS) is 12.8. The highest BCUT2D eigenvalue weighted by Crippen LogP contribution is 2.31. The van der Waals surface area contributed by atoms with Gasteiger partial charge in [0, 0.05) is 29.1 Å². The Labute approximate surface area is 251 Å². The molecular weight excluding hydrogens is 593 g/mol. The molecule has 3 aromatic rings. The van der Waals surface area contributed by atoms with E-state index in [4.69, 9.17) is 34.8 Å². The van der Waals surface area contributed by atoms with Crippen LogP contribution in [0.4, 0.5) is 5.69 Å². The zero-order chi connectivity index (χ0) is 29.4. The number of rotatable bonds is 12. The molecule has 0 aliphatic carbocycles. The van der Waals surface area contributed by atoms with Gasteiger partial charge in [0.1, 0.15) is 12.6 Å². The number of nitrogens with one attached hydrogen (secondary N) is 1. The Balaban J connectivity index is 2.10. The summed E-state index contributed by atoms with van der Waals surface area (Å²) in [6, 6.07) is 19.6. The zero-order valence-electron chi connectivity index (χ0n) is 22.5. The fourth-order valence-electron chi connectivity index (χ4n) is 4.08. The molecule has 0 fully saturated rings. The summed E-state index contributed by atoms with van der Waals surface area (Å²) >= 11 is 18.9. The molecule has 0 radical (unpaired) electrons. The molecule has 2 atom stereocenters. The molecule has 0 spiro atoms. The van der Waals surface area contributed by atoms with Crippen molar-refractivity contribution in [1.29, 1.82) is 0 Å². The molecule has 0 saturated carbocycles. The van der Waals surface area contributed by atoms with Crippen molar-refractivity contribution >= 4 is 62.3 Å². The molecule has 0 aliphatic rings. The predicted molar refractivity (Wildman–Crippen MR) is 162 cm³/mol. The van der Waals surface area contributed by atoms with E-state index in [0.29, 0.717) is 17.0 Å². The lowest BCUT2D eigenvalue weighted by molar-refractivity contribution is -0.140. The molecule has 7 nitrogen and oxygen atoms in total. The number of anilines is 1. The standard InChI is InChI=1S/C29H32Cl3N3O4S/c1-4-20(2)33-29(37)27(16-21-10-6-5-7-11-21)34(18-22-12-8-9-13-24(22)31)28(36)19-35(40(3,38)39)26-17-23(30)14-15-25(26)32/h5-15,17,20,27H,4,16,18-19H2,1-3H3,(H,33,37). The number of carbonyl (C=O) groups is 2. The third-order valence-electron chi connectivity index (χ3n) is 6.43. The van der Waals surface area contributed by atoms with Gasteiger partial charge in [0.15, 0.2) is 0 Å². The van der Waals surface area contributed by atoms with Gasteiger partial charge in [-0.15, -0.1) is 0 Å². The molecule has 11 heteroatoms. The van der Waals surface area contributed by atoms with Crippen LogP contribution < -0.4 is 9.62 Å². The van der Waals surface area contributed by atoms with E-state index in [9.17, 15) is 18.0 Å². The van der Waals surface area contributed by atoms with Gasteiger partial charge in [-0.25, -0.2) is 8.42 Å². The van der Waals surface area contributed by atoms with E-state index < -0.39 is 28.5 Å². The summed E-state index contributed by atoms with van der Waals surface area (Å²) in [7, 11) is -3.98. The lowest BCUT2D eigenvalue weighted by Crippen LogP contribution is -2.54. The van der Waals surface area contributed by atoms with E-state index in [2.05, 4.69) is 5.32 Å². The van der Waals surface area contributed by atoms with Crippen LogP contribution in [-0.4, -0.2) is 50.0 Å². The first-order valence-electron chi connectivity index (χ1n) is 12.7. The van der Waals surface area contributed by atoms with E-state index in [1.54, 1.807) is 24.3 Å². The molecule has 40 heavy (non-hydrogen) atoms. The van der Waals surface area contributed by atoms with E-state index in [-0.39, 0.29) is 40.6 Å². The number of hydrogen-bond donors (Lipinski definition) is 1. The number of benzene rings is 3. The van der Waals surface area contributed by atoms with Gasteiger partial charge in [0.2, 0.25) is 21.8 Å². The summed E-state index contributed by atoms with van der Waals surface area (Å²) in [4.78, 5) is 29.2. The minimum Gasteiger partial charge on any atom is -0.352 e. The number of sulfonamides is 1. The van der Waals surface area contributed by atoms with Crippen LogP contribution in [0.1, 0.15) is 31.4 Å². The summed E-state index contributed by atoms with van der Waals surface area (Å²) in [6.07, 6.45) is 1.88. The summed E-state index contributed by atoms with van der Waals surface area (Å²) in [5, 5.41) is 3.76. The van der Waals surface area contributed by atoms with E-state index in [0.717, 1.165) is 16.1 Å². The molecule has 3 rings (SSSR count). The van der Waals surface area contributed by atoms with Crippen LogP contribution in [0.2, 0.25) is 15.1 Å². The largest absolute Gasteiger partial charge is 0.352 e. The third-order valence-corrected chi connectivity index (χ3v) is 8.48. The van der Waals surface area contributed by atoms with Gasteiger partial charge >= 0.3 is 0 Å². The summed E-state index contributed by atoms with van der Waals surface area (Å²) in [5.74, 6) is -0.966. The number of halogens is 3. The Morgan fingerprint density at radius 3 is 2.20 bits per heavy atom. The molecule has 0 aromatic heterocycles. The van der Waals surface area contributed by atoms with Crippen molar-refractivity contribution in [3.8, 4) is 0 Å². The highest BCUT2D eigenvalue weighted by Gasteiger charge is 2.34. The molecule has 0 bridgehead atoms. The van der Waals surface area contributed by atoms with Crippen molar-refractivity contribution in [3.63, 3.8) is 0 Å². The zero-order valence-corrected chi connectivity index (χ0v) is 25.6. The van der Waals surface area contributed by atoms with Gasteiger partial charge in [-0.2, -0.15) is 0 Å². The minimum atomic E-state index is -3.98. The van der Waals surface area contributed by atoms with Crippen molar-refractivity contribution in [1.82, 2.24) is 10.2 Å². The minimum absolute atomic E-state index is 0.0230. The number of nitrogens with zero attached hydrogens (tertiary/aromatic N) is 2. The first-order chi connectivity index (χ1) is 18.9. The molecule has 0 saturated heterocycles. The molecular formula is C29H32Cl3N3O4S. The third kappa shape index (κ3) is 8.61. The maximum absolute atomic E-state index is 14.1. The molecule has 2 amide bonds. The van der Waals surface area contributed by atoms with Gasteiger partial charge in [-0.05, 0) is 48.7 Å². The number of amides is 2. The Morgan fingerprint density at radius 2 is 1.57 bits per heavy atom. The van der Waals surface area contributed by atoms with Gasteiger partial charge < -0.3 is 10.2 Å². The van der Waals surface area contributed by atoms with E-state index in [1.807, 2.05) is 44.2 Å². The van der Waals surface area contributed by atoms with Crippen molar-refractivity contribution in [2.24, 2.45) is 0 Å². The van der Waals surface area contributed by atoms with Crippen LogP contribution in [0.3, 0.4) is 0 Å². The molecule has 2 unspecified atom stereocenters. The summed E-state index contributed by atoms with van der Waals surface area (Å²) in [6.45, 7) is 3.20. The predicted octanol–water partition coefficient (Wildman–Crippen LogP) is 5.97. The van der Waals surface area contributed by atoms with E-state index >= 15 is 0 Å². The number of hydrogen-bond acceptors (Lipinski definition) is 4. The van der Waals surface area contributed by atoms with Crippen LogP contribution in [0, 0.1) is 0 Å². The van der Waals surface area contributed by atoms with Gasteiger partial charge in [-0.1, -0.05) is 90.3 Å². The quantitative estimate of drug-likeness (QED) is 0.269. The SMILES string of the molecule is CCC(C)NC(=O)C(Cc1ccccc1)N(Cc1ccccc1Cl)C(=O)CN(c1cc(Cl)ccc1Cl)S(C)(=O)=O. The Kier molecular flexibility index (Phi) is 11.3. The van der Waals surface area contributed by atoms with E-state index in [1.165, 1.54) is 23.1 Å². The molecule has 0 heterocycles. The first-order valence-corrected chi connectivity index (χ1v) is 15.7. The molecule has 214 valence electrons. The highest BCUT2D eigenvalue weighted by atomic mass is 35.5. The first kappa shape index (κ1) is 31.7. The van der Waals surface area contributed by atoms with Crippen LogP contribution in [0.5, 0.6) is 0 Å². The van der Waals surface area contributed by atoms with Crippen LogP contribution in [0.25, 0.3) is 0 Å². The molecule has 1 N–H and O–H groups in total. The summed E-state index contributed by atoms with van der Waals surface area (Å²) in [5.41, 5.74) is 1.51. The van der Waals surface area contributed by atoms with Gasteiger partial charge in [0.25, 0.3) is 0 Å². The highest BCUT2D eigenvalue weighted by molar-refractivity contribution is 7.92. The van der Waals surface area contributed by atoms with Crippen molar-refractivity contribution < 1.29 is 18.0 Å². The topological polar surface area (TPSA) is 86.8 Å². The summed E-state index contributed by atoms with van der Waals surface area (Å²) < 4.78 is 26.7. The molecule has 0 aliphatic heterocycles. The Hall–Kier alpha value is -2.78. The van der Waals surface area contributed by atoms with Gasteiger partial charge in [-0.3, -0.25) is 13.9 Å². The lowest BCUT2D eigenvalue weighted by atomic mass is 10.0. The Morgan fingerprint density at radius 1 is 0.925 bits per heavy atom. The Bertz CT molecular complexity index is 1440. The van der Waals surface area contributed by atoms with Crippen molar-refractivity contribution in [2.75, 3.05) is 17.1 Å². The number of carbonyl (C=O) groups excluding carboxylic acids is 2.